The molecule has 0 radical (unpaired) electrons. The van der Waals surface area contributed by atoms with Gasteiger partial charge in [-0.15, -0.1) is 0 Å². The lowest BCUT2D eigenvalue weighted by atomic mass is 10.3. The number of hydrogen-bond acceptors (Lipinski definition) is 3. The van der Waals surface area contributed by atoms with Gasteiger partial charge >= 0.3 is 0 Å². The van der Waals surface area contributed by atoms with Gasteiger partial charge < -0.3 is 10.2 Å². The van der Waals surface area contributed by atoms with Gasteiger partial charge in [0.25, 0.3) is 0 Å². The van der Waals surface area contributed by atoms with Crippen molar-refractivity contribution in [3.63, 3.8) is 0 Å². The highest BCUT2D eigenvalue weighted by atomic mass is 15.1. The molecule has 0 saturated heterocycles. The Morgan fingerprint density at radius 1 is 1.47 bits per heavy atom. The maximum absolute atomic E-state index is 4.28. The van der Waals surface area contributed by atoms with Gasteiger partial charge in [-0.2, -0.15) is 0 Å². The van der Waals surface area contributed by atoms with E-state index in [1.807, 2.05) is 12.3 Å². The fourth-order valence-electron chi connectivity index (χ4n) is 1.29. The van der Waals surface area contributed by atoms with E-state index in [2.05, 4.69) is 49.1 Å². The van der Waals surface area contributed by atoms with Crippen LogP contribution in [0.4, 0.5) is 11.5 Å². The largest absolute Gasteiger partial charge is 0.372 e. The maximum atomic E-state index is 4.28. The third kappa shape index (κ3) is 3.42. The molecule has 0 amide bonds. The molecule has 0 atom stereocenters. The second-order valence-corrected chi connectivity index (χ2v) is 4.03. The minimum atomic E-state index is 0.506. The molecule has 0 spiro atoms. The molecule has 84 valence electrons. The van der Waals surface area contributed by atoms with Crippen LogP contribution >= 0.6 is 0 Å². The summed E-state index contributed by atoms with van der Waals surface area (Å²) in [4.78, 5) is 6.52. The Morgan fingerprint density at radius 2 is 2.20 bits per heavy atom. The maximum Gasteiger partial charge on any atom is 0.127 e. The van der Waals surface area contributed by atoms with Gasteiger partial charge in [-0.05, 0) is 26.3 Å². The summed E-state index contributed by atoms with van der Waals surface area (Å²) in [7, 11) is 2.10. The van der Waals surface area contributed by atoms with E-state index < -0.39 is 0 Å². The van der Waals surface area contributed by atoms with Crippen LogP contribution < -0.4 is 10.2 Å². The first-order chi connectivity index (χ1) is 7.15. The van der Waals surface area contributed by atoms with Gasteiger partial charge in [0.2, 0.25) is 0 Å². The summed E-state index contributed by atoms with van der Waals surface area (Å²) in [6.07, 6.45) is 2.97. The van der Waals surface area contributed by atoms with Gasteiger partial charge in [-0.3, -0.25) is 0 Å². The average Bonchev–Trinajstić information content (AvgIpc) is 2.25. The smallest absolute Gasteiger partial charge is 0.127 e. The molecule has 1 rings (SSSR count). The average molecular weight is 207 g/mol. The monoisotopic (exact) mass is 207 g/mol. The Morgan fingerprint density at radius 3 is 2.80 bits per heavy atom. The SMILES string of the molecule is CCCNc1cc(N(C)C(C)C)ccn1. The first kappa shape index (κ1) is 11.8. The zero-order valence-electron chi connectivity index (χ0n) is 10.1. The molecule has 15 heavy (non-hydrogen) atoms. The molecule has 0 aliphatic heterocycles. The molecule has 0 bridgehead atoms. The molecule has 3 heteroatoms. The lowest BCUT2D eigenvalue weighted by molar-refractivity contribution is 0.754. The first-order valence-corrected chi connectivity index (χ1v) is 5.58. The summed E-state index contributed by atoms with van der Waals surface area (Å²) in [6.45, 7) is 7.48. The Bertz CT molecular complexity index is 297. The summed E-state index contributed by atoms with van der Waals surface area (Å²) < 4.78 is 0. The molecule has 0 aromatic carbocycles. The van der Waals surface area contributed by atoms with E-state index in [4.69, 9.17) is 0 Å². The Labute approximate surface area is 92.5 Å². The van der Waals surface area contributed by atoms with E-state index in [0.717, 1.165) is 18.8 Å². The molecule has 0 saturated carbocycles. The summed E-state index contributed by atoms with van der Waals surface area (Å²) in [6, 6.07) is 4.64. The molecule has 0 aliphatic carbocycles. The van der Waals surface area contributed by atoms with Crippen molar-refractivity contribution in [2.24, 2.45) is 0 Å². The van der Waals surface area contributed by atoms with Crippen molar-refractivity contribution in [2.75, 3.05) is 23.8 Å². The number of nitrogens with one attached hydrogen (secondary N) is 1. The van der Waals surface area contributed by atoms with Gasteiger partial charge in [0, 0.05) is 37.6 Å². The van der Waals surface area contributed by atoms with Gasteiger partial charge in [0.15, 0.2) is 0 Å². The fraction of sp³-hybridized carbons (Fsp3) is 0.583. The molecule has 0 fully saturated rings. The van der Waals surface area contributed by atoms with E-state index in [1.54, 1.807) is 0 Å². The van der Waals surface area contributed by atoms with Crippen LogP contribution in [-0.2, 0) is 0 Å². The van der Waals surface area contributed by atoms with Gasteiger partial charge in [0.1, 0.15) is 5.82 Å². The van der Waals surface area contributed by atoms with Crippen LogP contribution in [0, 0.1) is 0 Å². The normalized spacial score (nSPS) is 10.5. The van der Waals surface area contributed by atoms with Crippen molar-refractivity contribution in [3.05, 3.63) is 18.3 Å². The van der Waals surface area contributed by atoms with Crippen LogP contribution in [0.15, 0.2) is 18.3 Å². The lowest BCUT2D eigenvalue weighted by Crippen LogP contribution is -2.25. The zero-order chi connectivity index (χ0) is 11.3. The quantitative estimate of drug-likeness (QED) is 0.804. The second kappa shape index (κ2) is 5.59. The predicted molar refractivity (Wildman–Crippen MR) is 66.6 cm³/mol. The highest BCUT2D eigenvalue weighted by Crippen LogP contribution is 2.17. The molecule has 1 N–H and O–H groups in total. The fourth-order valence-corrected chi connectivity index (χ4v) is 1.29. The Balaban J connectivity index is 2.73. The molecular weight excluding hydrogens is 186 g/mol. The van der Waals surface area contributed by atoms with E-state index in [-0.39, 0.29) is 0 Å². The summed E-state index contributed by atoms with van der Waals surface area (Å²) in [5, 5.41) is 3.29. The highest BCUT2D eigenvalue weighted by molar-refractivity contribution is 5.53. The number of rotatable bonds is 5. The van der Waals surface area contributed by atoms with Crippen molar-refractivity contribution in [1.29, 1.82) is 0 Å². The van der Waals surface area contributed by atoms with Gasteiger partial charge in [0.05, 0.1) is 0 Å². The summed E-state index contributed by atoms with van der Waals surface area (Å²) in [5.41, 5.74) is 1.21. The Kier molecular flexibility index (Phi) is 4.40. The van der Waals surface area contributed by atoms with Crippen LogP contribution in [0.2, 0.25) is 0 Å². The van der Waals surface area contributed by atoms with E-state index in [1.165, 1.54) is 5.69 Å². The van der Waals surface area contributed by atoms with Crippen LogP contribution in [0.1, 0.15) is 27.2 Å². The topological polar surface area (TPSA) is 28.2 Å². The number of anilines is 2. The first-order valence-electron chi connectivity index (χ1n) is 5.58. The lowest BCUT2D eigenvalue weighted by Gasteiger charge is -2.24. The third-order valence-electron chi connectivity index (χ3n) is 2.48. The molecular formula is C12H21N3. The van der Waals surface area contributed by atoms with Crippen molar-refractivity contribution in [2.45, 2.75) is 33.2 Å². The van der Waals surface area contributed by atoms with Crippen molar-refractivity contribution >= 4 is 11.5 Å². The van der Waals surface area contributed by atoms with Crippen LogP contribution in [0.25, 0.3) is 0 Å². The molecule has 1 aromatic heterocycles. The van der Waals surface area contributed by atoms with Gasteiger partial charge in [-0.1, -0.05) is 6.92 Å². The summed E-state index contributed by atoms with van der Waals surface area (Å²) >= 11 is 0. The number of hydrogen-bond donors (Lipinski definition) is 1. The molecule has 1 heterocycles. The summed E-state index contributed by atoms with van der Waals surface area (Å²) in [5.74, 6) is 0.960. The highest BCUT2D eigenvalue weighted by Gasteiger charge is 2.05. The molecule has 0 aliphatic rings. The number of aromatic nitrogens is 1. The van der Waals surface area contributed by atoms with Crippen molar-refractivity contribution in [1.82, 2.24) is 4.98 Å². The standard InChI is InChI=1S/C12H21N3/c1-5-7-13-12-9-11(6-8-14-12)15(4)10(2)3/h6,8-10H,5,7H2,1-4H3,(H,13,14). The van der Waals surface area contributed by atoms with Gasteiger partial charge in [-0.25, -0.2) is 4.98 Å². The van der Waals surface area contributed by atoms with E-state index in [9.17, 15) is 0 Å². The van der Waals surface area contributed by atoms with Crippen LogP contribution in [0.3, 0.4) is 0 Å². The van der Waals surface area contributed by atoms with Crippen LogP contribution in [-0.4, -0.2) is 24.6 Å². The van der Waals surface area contributed by atoms with E-state index >= 15 is 0 Å². The molecule has 1 aromatic rings. The Hall–Kier alpha value is -1.25. The number of nitrogens with zero attached hydrogens (tertiary/aromatic N) is 2. The van der Waals surface area contributed by atoms with Crippen LogP contribution in [0.5, 0.6) is 0 Å². The number of pyridine rings is 1. The van der Waals surface area contributed by atoms with Crippen molar-refractivity contribution in [3.8, 4) is 0 Å². The van der Waals surface area contributed by atoms with E-state index in [0.29, 0.717) is 6.04 Å². The third-order valence-corrected chi connectivity index (χ3v) is 2.48. The zero-order valence-corrected chi connectivity index (χ0v) is 10.1. The minimum absolute atomic E-state index is 0.506. The minimum Gasteiger partial charge on any atom is -0.372 e. The predicted octanol–water partition coefficient (Wildman–Crippen LogP) is 2.75. The van der Waals surface area contributed by atoms with Crippen molar-refractivity contribution < 1.29 is 0 Å². The molecule has 0 unspecified atom stereocenters. The second-order valence-electron chi connectivity index (χ2n) is 4.03. The molecule has 3 nitrogen and oxygen atoms in total.